The molecule has 20 rings (SSSR count). The minimum Gasteiger partial charge on any atom is -0.486 e. The van der Waals surface area contributed by atoms with Crippen molar-refractivity contribution in [3.8, 4) is 84.5 Å². The Morgan fingerprint density at radius 3 is 1.44 bits per heavy atom. The van der Waals surface area contributed by atoms with Crippen LogP contribution in [0.2, 0.25) is 39.3 Å². The van der Waals surface area contributed by atoms with Crippen LogP contribution in [0.25, 0.3) is 151 Å². The maximum atomic E-state index is 9.14. The van der Waals surface area contributed by atoms with Gasteiger partial charge in [0.2, 0.25) is 11.4 Å². The molecule has 0 amide bonds. The number of para-hydroxylation sites is 5. The quantitative estimate of drug-likeness (QED) is 0.0694. The molecule has 8 aromatic heterocycles. The van der Waals surface area contributed by atoms with Gasteiger partial charge in [0, 0.05) is 102 Å². The van der Waals surface area contributed by atoms with Gasteiger partial charge < -0.3 is 27.9 Å². The van der Waals surface area contributed by atoms with Crippen LogP contribution in [0, 0.1) is 24.3 Å². The molecular weight excluding hydrogens is 1880 g/mol. The van der Waals surface area contributed by atoms with Crippen LogP contribution in [0.3, 0.4) is 0 Å². The van der Waals surface area contributed by atoms with E-state index in [2.05, 4.69) is 191 Å². The zero-order valence-electron chi connectivity index (χ0n) is 80.1. The molecule has 606 valence electrons. The van der Waals surface area contributed by atoms with Crippen LogP contribution in [0.5, 0.6) is 0 Å². The summed E-state index contributed by atoms with van der Waals surface area (Å²) in [6.45, 7) is 23.7. The van der Waals surface area contributed by atoms with Crippen molar-refractivity contribution in [1.82, 2.24) is 39.0 Å². The topological polar surface area (TPSA) is 113 Å². The van der Waals surface area contributed by atoms with E-state index in [9.17, 15) is 0 Å². The first-order chi connectivity index (χ1) is 62.9. The van der Waals surface area contributed by atoms with E-state index in [1.807, 2.05) is 152 Å². The summed E-state index contributed by atoms with van der Waals surface area (Å²) in [4.78, 5) is 28.7. The van der Waals surface area contributed by atoms with E-state index in [4.69, 9.17) is 43.8 Å². The Kier molecular flexibility index (Phi) is 21.8. The summed E-state index contributed by atoms with van der Waals surface area (Å²) in [7, 11) is -2.46. The second-order valence-corrected chi connectivity index (χ2v) is 42.2. The van der Waals surface area contributed by atoms with Crippen LogP contribution in [0.15, 0.2) is 349 Å². The van der Waals surface area contributed by atoms with Crippen molar-refractivity contribution in [3.63, 3.8) is 0 Å². The average Bonchev–Trinajstić information content (AvgIpc) is 1.55. The Labute approximate surface area is 758 Å². The van der Waals surface area contributed by atoms with E-state index in [1.54, 1.807) is 48.5 Å². The van der Waals surface area contributed by atoms with Gasteiger partial charge in [0.15, 0.2) is 0 Å². The first-order valence-electron chi connectivity index (χ1n) is 45.7. The molecular formula is C108H92Ir2N8O2Si2-4. The molecule has 2 radical (unpaired) electrons. The van der Waals surface area contributed by atoms with Crippen molar-refractivity contribution in [3.05, 3.63) is 392 Å². The largest absolute Gasteiger partial charge is 0.486 e. The molecule has 0 saturated heterocycles. The van der Waals surface area contributed by atoms with Crippen LogP contribution in [0.1, 0.15) is 82.6 Å². The third-order valence-electron chi connectivity index (χ3n) is 21.2. The fourth-order valence-corrected chi connectivity index (χ4v) is 17.0. The summed E-state index contributed by atoms with van der Waals surface area (Å²) >= 11 is 0. The number of hydrogen-bond acceptors (Lipinski definition) is 8. The molecule has 0 saturated carbocycles. The number of imidazole rings is 2. The number of nitrogens with zero attached hydrogens (tertiary/aromatic N) is 8. The zero-order valence-corrected chi connectivity index (χ0v) is 75.8. The fourth-order valence-electron chi connectivity index (χ4n) is 14.9. The Bertz CT molecular complexity index is 7520. The van der Waals surface area contributed by atoms with E-state index in [-0.39, 0.29) is 62.8 Å². The molecule has 20 aromatic rings. The van der Waals surface area contributed by atoms with E-state index in [1.165, 1.54) is 42.8 Å². The van der Waals surface area contributed by atoms with Crippen molar-refractivity contribution in [2.24, 2.45) is 0 Å². The number of hydrogen-bond donors (Lipinski definition) is 0. The first-order valence-corrected chi connectivity index (χ1v) is 47.2. The van der Waals surface area contributed by atoms with Gasteiger partial charge in [-0.1, -0.05) is 289 Å². The standard InChI is InChI=1S/C44H38N3O.C36H22N3O.2C14H16NSi.2Ir/c1-28(2)37-25-32(31-16-9-6-10-17-31)26-38(29(3)4)39(37)27-47-41-21-12-11-20-40(41)46-43(47)36-19-13-18-34-35-23-22-33(45-44(35)48-42(34)36)24-30-14-7-5-8-15-30;1-3-12-24(13-4-1)26-16-7-9-20-32(26)39-33-21-10-8-19-31(33)37-35(39)29-18-11-17-27-28-22-23-30(25-14-5-2-6-15-25)38-36(28)40-34(27)29;2*1-16(2,3)13-9-10-14(15-11-13)12-7-5-4-6-8-12;;/h5-18,20-23,25-26,28-29H,24,27H2,1-4H3;1-17,19-23H;2*4-7,9-11H,1-3H3;;/q4*-1;;/i24D2;1D,3D,4D,7D,9D,12D,13D,16D,20D;;;;. The molecule has 10 nitrogen and oxygen atoms in total. The third kappa shape index (κ3) is 18.3. The van der Waals surface area contributed by atoms with Crippen LogP contribution in [-0.2, 0) is 53.1 Å². The van der Waals surface area contributed by atoms with Gasteiger partial charge in [-0.05, 0) is 127 Å². The second-order valence-electron chi connectivity index (χ2n) is 32.1. The van der Waals surface area contributed by atoms with Crippen LogP contribution in [-0.4, -0.2) is 55.2 Å². The normalized spacial score (nSPS) is 12.8. The predicted octanol–water partition coefficient (Wildman–Crippen LogP) is 26.7. The number of aromatic nitrogens is 8. The molecule has 0 atom stereocenters. The van der Waals surface area contributed by atoms with Gasteiger partial charge in [-0.2, -0.15) is 0 Å². The number of benzene rings is 12. The fraction of sp³-hybridized carbons (Fsp3) is 0.130. The molecule has 0 bridgehead atoms. The maximum Gasteiger partial charge on any atom is 0.216 e. The summed E-state index contributed by atoms with van der Waals surface area (Å²) in [6.07, 6.45) is 2.25. The number of pyridine rings is 4. The van der Waals surface area contributed by atoms with Gasteiger partial charge in [0.25, 0.3) is 0 Å². The molecule has 0 aliphatic rings. The van der Waals surface area contributed by atoms with Crippen molar-refractivity contribution in [2.75, 3.05) is 0 Å². The Hall–Kier alpha value is -12.5. The smallest absolute Gasteiger partial charge is 0.216 e. The van der Waals surface area contributed by atoms with E-state index < -0.39 is 76.9 Å². The minimum absolute atomic E-state index is 0. The van der Waals surface area contributed by atoms with E-state index >= 15 is 0 Å². The summed E-state index contributed by atoms with van der Waals surface area (Å²) in [6, 6.07) is 96.6. The molecule has 0 aliphatic heterocycles. The summed E-state index contributed by atoms with van der Waals surface area (Å²) in [5.41, 5.74) is 18.0. The average molecular weight is 1990 g/mol. The summed E-state index contributed by atoms with van der Waals surface area (Å²) in [5, 5.41) is 5.97. The molecule has 122 heavy (non-hydrogen) atoms. The molecule has 0 aliphatic carbocycles. The Balaban J connectivity index is 0.000000151. The maximum absolute atomic E-state index is 9.14. The van der Waals surface area contributed by atoms with Crippen LogP contribution in [0.4, 0.5) is 0 Å². The van der Waals surface area contributed by atoms with Crippen molar-refractivity contribution in [2.45, 2.75) is 91.7 Å². The van der Waals surface area contributed by atoms with Gasteiger partial charge in [0.05, 0.1) is 79.1 Å². The van der Waals surface area contributed by atoms with Gasteiger partial charge >= 0.3 is 0 Å². The number of fused-ring (bicyclic) bond motifs is 8. The van der Waals surface area contributed by atoms with Gasteiger partial charge in [-0.25, -0.2) is 9.97 Å². The first kappa shape index (κ1) is 71.3. The Morgan fingerprint density at radius 1 is 0.410 bits per heavy atom. The van der Waals surface area contributed by atoms with E-state index in [0.29, 0.717) is 74.5 Å². The molecule has 8 heterocycles. The summed E-state index contributed by atoms with van der Waals surface area (Å²) in [5.74, 6) is 1.60. The monoisotopic (exact) mass is 1990 g/mol. The van der Waals surface area contributed by atoms with Gasteiger partial charge in [0.1, 0.15) is 0 Å². The van der Waals surface area contributed by atoms with Crippen LogP contribution >= 0.6 is 0 Å². The molecule has 0 unspecified atom stereocenters. The van der Waals surface area contributed by atoms with Gasteiger partial charge in [-0.15, -0.1) is 108 Å². The van der Waals surface area contributed by atoms with Crippen molar-refractivity contribution < 1.29 is 64.1 Å². The Morgan fingerprint density at radius 2 is 0.893 bits per heavy atom. The van der Waals surface area contributed by atoms with Gasteiger partial charge in [-0.3, -0.25) is 9.97 Å². The molecule has 12 aromatic carbocycles. The predicted molar refractivity (Wildman–Crippen MR) is 502 cm³/mol. The molecule has 0 fully saturated rings. The van der Waals surface area contributed by atoms with Crippen molar-refractivity contribution >= 4 is 92.7 Å². The molecule has 14 heteroatoms. The van der Waals surface area contributed by atoms with E-state index in [0.717, 1.165) is 72.0 Å². The third-order valence-corrected chi connectivity index (χ3v) is 25.3. The molecule has 0 spiro atoms. The number of rotatable bonds is 16. The minimum atomic E-state index is -1.78. The summed E-state index contributed by atoms with van der Waals surface area (Å²) < 4.78 is 112. The zero-order chi connectivity index (χ0) is 92.1. The molecule has 0 N–H and O–H groups in total. The number of furan rings is 2. The van der Waals surface area contributed by atoms with Crippen LogP contribution < -0.4 is 10.4 Å². The SMILES string of the molecule is C[Si](C)(C)c1ccc(-c2[c-]cccc2)nc1.C[Si](C)(C)c1ccc(-c2[c-]cccc2)nc1.[2H]C([2H])(c1ccccc1)c1ccc2c(n1)oc1c(-c3nc4ccccc4n3Cc3c(C(C)C)cc(-c4ccccc4)cc3C(C)C)[c-]ccc12.[2H]c1c([2H])c([2H])c(-c2c([2H])c([2H])c([2H])c([2H])c2-n2c(-c3[c-]ccc4c3oc3nc(-c5ccccc5)ccc34)nc3ccccc32)c([2H])c1[2H].[Ir].[Ir]. The second kappa shape index (κ2) is 37.2. The van der Waals surface area contributed by atoms with Crippen molar-refractivity contribution in [1.29, 1.82) is 0 Å².